The van der Waals surface area contributed by atoms with Crippen LogP contribution in [-0.2, 0) is 4.74 Å². The van der Waals surface area contributed by atoms with E-state index in [2.05, 4.69) is 11.1 Å². The van der Waals surface area contributed by atoms with Crippen LogP contribution in [0.2, 0.25) is 0 Å². The van der Waals surface area contributed by atoms with Crippen LogP contribution in [0.4, 0.5) is 0 Å². The third kappa shape index (κ3) is 2.50. The third-order valence-electron chi connectivity index (χ3n) is 3.74. The second-order valence-corrected chi connectivity index (χ2v) is 4.92. The molecule has 0 aromatic carbocycles. The first-order chi connectivity index (χ1) is 8.18. The van der Waals surface area contributed by atoms with Gasteiger partial charge in [0.25, 0.3) is 0 Å². The molecule has 0 saturated heterocycles. The average molecular weight is 234 g/mol. The van der Waals surface area contributed by atoms with Crippen LogP contribution >= 0.6 is 0 Å². The summed E-state index contributed by atoms with van der Waals surface area (Å²) in [7, 11) is 0. The fourth-order valence-corrected chi connectivity index (χ4v) is 2.77. The normalized spacial score (nSPS) is 20.4. The number of aromatic nitrogens is 1. The summed E-state index contributed by atoms with van der Waals surface area (Å²) in [5.74, 6) is 0. The molecular weight excluding hydrogens is 212 g/mol. The van der Waals surface area contributed by atoms with Crippen molar-refractivity contribution in [3.8, 4) is 0 Å². The molecule has 3 nitrogen and oxygen atoms in total. The molecule has 1 unspecified atom stereocenters. The molecule has 3 heteroatoms. The Morgan fingerprint density at radius 2 is 2.12 bits per heavy atom. The van der Waals surface area contributed by atoms with Gasteiger partial charge < -0.3 is 10.5 Å². The highest BCUT2D eigenvalue weighted by atomic mass is 16.5. The molecule has 17 heavy (non-hydrogen) atoms. The van der Waals surface area contributed by atoms with Gasteiger partial charge in [-0.3, -0.25) is 4.98 Å². The van der Waals surface area contributed by atoms with E-state index >= 15 is 0 Å². The summed E-state index contributed by atoms with van der Waals surface area (Å²) in [6.45, 7) is 4.76. The summed E-state index contributed by atoms with van der Waals surface area (Å²) in [6.07, 6.45) is 6.45. The maximum Gasteiger partial charge on any atom is 0.0874 e. The lowest BCUT2D eigenvalue weighted by Gasteiger charge is -2.35. The van der Waals surface area contributed by atoms with Crippen molar-refractivity contribution in [2.45, 2.75) is 51.2 Å². The van der Waals surface area contributed by atoms with E-state index < -0.39 is 0 Å². The van der Waals surface area contributed by atoms with Crippen molar-refractivity contribution in [1.82, 2.24) is 4.98 Å². The van der Waals surface area contributed by atoms with Gasteiger partial charge in [-0.15, -0.1) is 0 Å². The lowest BCUT2D eigenvalue weighted by atomic mass is 9.88. The van der Waals surface area contributed by atoms with E-state index in [1.54, 1.807) is 0 Å². The van der Waals surface area contributed by atoms with Crippen LogP contribution in [0, 0.1) is 6.92 Å². The number of nitrogens with two attached hydrogens (primary N) is 1. The van der Waals surface area contributed by atoms with Crippen molar-refractivity contribution in [3.05, 3.63) is 29.6 Å². The number of nitrogens with zero attached hydrogens (tertiary/aromatic N) is 1. The summed E-state index contributed by atoms with van der Waals surface area (Å²) >= 11 is 0. The number of hydrogen-bond acceptors (Lipinski definition) is 3. The molecule has 1 fully saturated rings. The number of aryl methyl sites for hydroxylation is 1. The Balaban J connectivity index is 2.21. The van der Waals surface area contributed by atoms with Gasteiger partial charge in [0, 0.05) is 18.5 Å². The van der Waals surface area contributed by atoms with E-state index in [0.29, 0.717) is 0 Å². The molecule has 1 heterocycles. The summed E-state index contributed by atoms with van der Waals surface area (Å²) in [4.78, 5) is 4.33. The van der Waals surface area contributed by atoms with Crippen LogP contribution in [0.5, 0.6) is 0 Å². The molecule has 0 radical (unpaired) electrons. The van der Waals surface area contributed by atoms with E-state index in [9.17, 15) is 0 Å². The second kappa shape index (κ2) is 5.15. The molecule has 0 aliphatic heterocycles. The quantitative estimate of drug-likeness (QED) is 0.871. The number of hydrogen-bond donors (Lipinski definition) is 1. The first-order valence-electron chi connectivity index (χ1n) is 6.50. The van der Waals surface area contributed by atoms with Crippen molar-refractivity contribution in [2.24, 2.45) is 5.73 Å². The van der Waals surface area contributed by atoms with Gasteiger partial charge in [0.1, 0.15) is 0 Å². The summed E-state index contributed by atoms with van der Waals surface area (Å²) in [6, 6.07) is 4.04. The fourth-order valence-electron chi connectivity index (χ4n) is 2.77. The molecule has 0 bridgehead atoms. The summed E-state index contributed by atoms with van der Waals surface area (Å²) in [5.41, 5.74) is 8.36. The zero-order valence-electron chi connectivity index (χ0n) is 10.8. The first-order valence-corrected chi connectivity index (χ1v) is 6.50. The lowest BCUT2D eigenvalue weighted by molar-refractivity contribution is -0.0537. The van der Waals surface area contributed by atoms with E-state index in [4.69, 9.17) is 10.5 Å². The Morgan fingerprint density at radius 3 is 2.65 bits per heavy atom. The lowest BCUT2D eigenvalue weighted by Crippen LogP contribution is -2.41. The average Bonchev–Trinajstić information content (AvgIpc) is 2.79. The number of rotatable bonds is 4. The van der Waals surface area contributed by atoms with Crippen molar-refractivity contribution in [2.75, 3.05) is 6.61 Å². The Morgan fingerprint density at radius 1 is 1.41 bits per heavy atom. The van der Waals surface area contributed by atoms with Gasteiger partial charge in [0.2, 0.25) is 0 Å². The fraction of sp³-hybridized carbons (Fsp3) is 0.643. The van der Waals surface area contributed by atoms with Crippen LogP contribution < -0.4 is 5.73 Å². The highest BCUT2D eigenvalue weighted by Crippen LogP contribution is 2.41. The monoisotopic (exact) mass is 234 g/mol. The molecule has 0 amide bonds. The molecule has 1 saturated carbocycles. The predicted molar refractivity (Wildman–Crippen MR) is 68.7 cm³/mol. The van der Waals surface area contributed by atoms with Crippen LogP contribution in [0.25, 0.3) is 0 Å². The topological polar surface area (TPSA) is 48.1 Å². The molecule has 0 spiro atoms. The van der Waals surface area contributed by atoms with Gasteiger partial charge in [0.05, 0.1) is 11.6 Å². The Kier molecular flexibility index (Phi) is 3.79. The van der Waals surface area contributed by atoms with Gasteiger partial charge in [-0.05, 0) is 38.3 Å². The molecule has 1 aliphatic rings. The largest absolute Gasteiger partial charge is 0.373 e. The van der Waals surface area contributed by atoms with Gasteiger partial charge in [0.15, 0.2) is 0 Å². The number of ether oxygens (including phenoxy) is 1. The van der Waals surface area contributed by atoms with E-state index in [-0.39, 0.29) is 11.6 Å². The molecule has 2 rings (SSSR count). The van der Waals surface area contributed by atoms with Crippen LogP contribution in [0.1, 0.15) is 49.9 Å². The van der Waals surface area contributed by atoms with Crippen molar-refractivity contribution >= 4 is 0 Å². The maximum atomic E-state index is 6.41. The van der Waals surface area contributed by atoms with Crippen LogP contribution in [-0.4, -0.2) is 17.2 Å². The Hall–Kier alpha value is -0.930. The Bertz CT molecular complexity index is 355. The maximum absolute atomic E-state index is 6.41. The van der Waals surface area contributed by atoms with Gasteiger partial charge >= 0.3 is 0 Å². The van der Waals surface area contributed by atoms with Crippen LogP contribution in [0.15, 0.2) is 18.3 Å². The zero-order chi connectivity index (χ0) is 12.3. The predicted octanol–water partition coefficient (Wildman–Crippen LogP) is 2.74. The van der Waals surface area contributed by atoms with Crippen molar-refractivity contribution in [3.63, 3.8) is 0 Å². The minimum Gasteiger partial charge on any atom is -0.373 e. The smallest absolute Gasteiger partial charge is 0.0874 e. The van der Waals surface area contributed by atoms with Crippen LogP contribution in [0.3, 0.4) is 0 Å². The zero-order valence-corrected chi connectivity index (χ0v) is 10.8. The third-order valence-corrected chi connectivity index (χ3v) is 3.74. The number of pyridine rings is 1. The van der Waals surface area contributed by atoms with E-state index in [1.165, 1.54) is 12.8 Å². The van der Waals surface area contributed by atoms with Crippen molar-refractivity contribution < 1.29 is 4.74 Å². The summed E-state index contributed by atoms with van der Waals surface area (Å²) < 4.78 is 5.98. The van der Waals surface area contributed by atoms with E-state index in [0.717, 1.165) is 30.7 Å². The standard InChI is InChI=1S/C14H22N2O/c1-3-17-14(8-4-5-9-14)13(15)12-7-6-11(2)16-10-12/h6-7,10,13H,3-5,8-9,15H2,1-2H3. The molecule has 1 atom stereocenters. The van der Waals surface area contributed by atoms with Crippen molar-refractivity contribution in [1.29, 1.82) is 0 Å². The molecular formula is C14H22N2O. The van der Waals surface area contributed by atoms with E-state index in [1.807, 2.05) is 26.1 Å². The first kappa shape index (κ1) is 12.5. The minimum atomic E-state index is -0.161. The minimum absolute atomic E-state index is 0.0574. The molecule has 1 aliphatic carbocycles. The van der Waals surface area contributed by atoms with Gasteiger partial charge in [-0.2, -0.15) is 0 Å². The molecule has 1 aromatic heterocycles. The molecule has 1 aromatic rings. The SMILES string of the molecule is CCOC1(C(N)c2ccc(C)nc2)CCCC1. The van der Waals surface area contributed by atoms with Gasteiger partial charge in [-0.25, -0.2) is 0 Å². The Labute approximate surface area is 103 Å². The highest BCUT2D eigenvalue weighted by Gasteiger charge is 2.41. The van der Waals surface area contributed by atoms with Gasteiger partial charge in [-0.1, -0.05) is 18.9 Å². The highest BCUT2D eigenvalue weighted by molar-refractivity contribution is 5.21. The second-order valence-electron chi connectivity index (χ2n) is 4.92. The summed E-state index contributed by atoms with van der Waals surface area (Å²) in [5, 5.41) is 0. The molecule has 2 N–H and O–H groups in total. The molecule has 94 valence electrons.